The number of alkyl halides is 3. The Morgan fingerprint density at radius 1 is 1.24 bits per heavy atom. The third-order valence-corrected chi connectivity index (χ3v) is 4.62. The molecule has 0 spiro atoms. The summed E-state index contributed by atoms with van der Waals surface area (Å²) in [6, 6.07) is 4.14. The minimum Gasteiger partial charge on any atom is -0.392 e. The minimum atomic E-state index is -4.31. The average Bonchev–Trinajstić information content (AvgIpc) is 2.43. The van der Waals surface area contributed by atoms with E-state index in [1.54, 1.807) is 0 Å². The second kappa shape index (κ2) is 6.53. The van der Waals surface area contributed by atoms with E-state index in [0.29, 0.717) is 24.8 Å². The zero-order valence-corrected chi connectivity index (χ0v) is 12.1. The minimum absolute atomic E-state index is 0.0438. The molecule has 0 aromatic heterocycles. The lowest BCUT2D eigenvalue weighted by Gasteiger charge is -2.36. The highest BCUT2D eigenvalue weighted by atomic mass is 35.5. The Morgan fingerprint density at radius 2 is 1.90 bits per heavy atom. The van der Waals surface area contributed by atoms with Gasteiger partial charge in [-0.25, -0.2) is 4.39 Å². The van der Waals surface area contributed by atoms with Gasteiger partial charge in [0, 0.05) is 6.42 Å². The van der Waals surface area contributed by atoms with Crippen molar-refractivity contribution in [1.29, 1.82) is 0 Å². The average molecular weight is 325 g/mol. The SMILES string of the molecule is OC(Cc1cccc(F)c1Cl)C1CCCCC1C(F)(F)F. The fraction of sp³-hybridized carbons (Fsp3) is 0.600. The van der Waals surface area contributed by atoms with Crippen LogP contribution in [0.3, 0.4) is 0 Å². The molecule has 1 nitrogen and oxygen atoms in total. The molecule has 0 amide bonds. The maximum absolute atomic E-state index is 13.3. The second-order valence-electron chi connectivity index (χ2n) is 5.58. The van der Waals surface area contributed by atoms with Crippen LogP contribution in [-0.4, -0.2) is 17.4 Å². The Labute approximate surface area is 125 Å². The molecular weight excluding hydrogens is 308 g/mol. The molecule has 0 aliphatic heterocycles. The first-order valence-electron chi connectivity index (χ1n) is 6.98. The van der Waals surface area contributed by atoms with E-state index in [0.717, 1.165) is 0 Å². The van der Waals surface area contributed by atoms with Crippen molar-refractivity contribution in [2.24, 2.45) is 11.8 Å². The van der Waals surface area contributed by atoms with Gasteiger partial charge in [0.2, 0.25) is 0 Å². The Morgan fingerprint density at radius 3 is 2.57 bits per heavy atom. The Bertz CT molecular complexity index is 489. The normalized spacial score (nSPS) is 24.9. The maximum Gasteiger partial charge on any atom is 0.392 e. The van der Waals surface area contributed by atoms with Crippen LogP contribution >= 0.6 is 11.6 Å². The molecule has 1 N–H and O–H groups in total. The van der Waals surface area contributed by atoms with E-state index in [9.17, 15) is 22.7 Å². The molecule has 0 saturated heterocycles. The summed E-state index contributed by atoms with van der Waals surface area (Å²) >= 11 is 5.79. The van der Waals surface area contributed by atoms with Gasteiger partial charge in [0.05, 0.1) is 17.0 Å². The van der Waals surface area contributed by atoms with Crippen molar-refractivity contribution in [3.63, 3.8) is 0 Å². The highest BCUT2D eigenvalue weighted by molar-refractivity contribution is 6.31. The molecule has 3 atom stereocenters. The zero-order chi connectivity index (χ0) is 15.6. The molecule has 1 aliphatic rings. The predicted octanol–water partition coefficient (Wildman–Crippen LogP) is 4.75. The van der Waals surface area contributed by atoms with Crippen molar-refractivity contribution in [3.05, 3.63) is 34.6 Å². The van der Waals surface area contributed by atoms with E-state index in [4.69, 9.17) is 11.6 Å². The molecule has 1 aromatic rings. The van der Waals surface area contributed by atoms with Gasteiger partial charge in [-0.15, -0.1) is 0 Å². The Kier molecular flexibility index (Phi) is 5.15. The van der Waals surface area contributed by atoms with E-state index >= 15 is 0 Å². The summed E-state index contributed by atoms with van der Waals surface area (Å²) in [7, 11) is 0. The summed E-state index contributed by atoms with van der Waals surface area (Å²) in [6.45, 7) is 0. The summed E-state index contributed by atoms with van der Waals surface area (Å²) in [4.78, 5) is 0. The van der Waals surface area contributed by atoms with Gasteiger partial charge in [0.15, 0.2) is 0 Å². The van der Waals surface area contributed by atoms with E-state index in [1.165, 1.54) is 18.2 Å². The van der Waals surface area contributed by atoms with E-state index < -0.39 is 29.9 Å². The fourth-order valence-electron chi connectivity index (χ4n) is 3.11. The summed E-state index contributed by atoms with van der Waals surface area (Å²) in [6.07, 6.45) is -3.97. The number of aliphatic hydroxyl groups excluding tert-OH is 1. The van der Waals surface area contributed by atoms with E-state index in [1.807, 2.05) is 0 Å². The van der Waals surface area contributed by atoms with Crippen molar-refractivity contribution in [1.82, 2.24) is 0 Å². The van der Waals surface area contributed by atoms with E-state index in [2.05, 4.69) is 0 Å². The van der Waals surface area contributed by atoms with Crippen molar-refractivity contribution in [2.45, 2.75) is 44.4 Å². The number of halogens is 5. The molecule has 118 valence electrons. The first kappa shape index (κ1) is 16.6. The number of hydrogen-bond donors (Lipinski definition) is 1. The predicted molar refractivity (Wildman–Crippen MR) is 72.6 cm³/mol. The van der Waals surface area contributed by atoms with Crippen LogP contribution in [0.5, 0.6) is 0 Å². The molecule has 1 aromatic carbocycles. The molecule has 21 heavy (non-hydrogen) atoms. The topological polar surface area (TPSA) is 20.2 Å². The fourth-order valence-corrected chi connectivity index (χ4v) is 3.31. The first-order valence-corrected chi connectivity index (χ1v) is 7.36. The lowest BCUT2D eigenvalue weighted by atomic mass is 9.74. The van der Waals surface area contributed by atoms with Crippen LogP contribution in [0.15, 0.2) is 18.2 Å². The number of aliphatic hydroxyl groups is 1. The van der Waals surface area contributed by atoms with Gasteiger partial charge in [-0.1, -0.05) is 36.6 Å². The molecule has 3 unspecified atom stereocenters. The van der Waals surface area contributed by atoms with Crippen LogP contribution in [0, 0.1) is 17.7 Å². The smallest absolute Gasteiger partial charge is 0.392 e. The summed E-state index contributed by atoms with van der Waals surface area (Å²) < 4.78 is 52.5. The maximum atomic E-state index is 13.3. The van der Waals surface area contributed by atoms with Crippen molar-refractivity contribution in [3.8, 4) is 0 Å². The summed E-state index contributed by atoms with van der Waals surface area (Å²) in [5, 5.41) is 10.1. The first-order chi connectivity index (χ1) is 9.80. The van der Waals surface area contributed by atoms with Crippen molar-refractivity contribution < 1.29 is 22.7 Å². The monoisotopic (exact) mass is 324 g/mol. The molecule has 0 radical (unpaired) electrons. The molecule has 1 saturated carbocycles. The molecule has 1 fully saturated rings. The van der Waals surface area contributed by atoms with Crippen LogP contribution < -0.4 is 0 Å². The van der Waals surface area contributed by atoms with Gasteiger partial charge in [0.25, 0.3) is 0 Å². The van der Waals surface area contributed by atoms with Crippen molar-refractivity contribution in [2.75, 3.05) is 0 Å². The highest BCUT2D eigenvalue weighted by Gasteiger charge is 2.47. The number of rotatable bonds is 3. The second-order valence-corrected chi connectivity index (χ2v) is 5.96. The van der Waals surface area contributed by atoms with Crippen molar-refractivity contribution >= 4 is 11.6 Å². The zero-order valence-electron chi connectivity index (χ0n) is 11.3. The Balaban J connectivity index is 2.14. The molecule has 2 rings (SSSR count). The highest BCUT2D eigenvalue weighted by Crippen LogP contribution is 2.43. The molecule has 0 bridgehead atoms. The third-order valence-electron chi connectivity index (χ3n) is 4.19. The van der Waals surface area contributed by atoms with E-state index in [-0.39, 0.29) is 17.9 Å². The quantitative estimate of drug-likeness (QED) is 0.795. The van der Waals surface area contributed by atoms with Gasteiger partial charge in [0.1, 0.15) is 5.82 Å². The molecular formula is C15H17ClF4O. The largest absolute Gasteiger partial charge is 0.392 e. The van der Waals surface area contributed by atoms with Gasteiger partial charge < -0.3 is 5.11 Å². The van der Waals surface area contributed by atoms with Crippen LogP contribution in [0.2, 0.25) is 5.02 Å². The van der Waals surface area contributed by atoms with Crippen LogP contribution in [0.25, 0.3) is 0 Å². The molecule has 1 aliphatic carbocycles. The molecule has 0 heterocycles. The standard InChI is InChI=1S/C15H17ClF4O/c16-14-9(4-3-7-12(14)17)8-13(21)10-5-1-2-6-11(10)15(18,19)20/h3-4,7,10-11,13,21H,1-2,5-6,8H2. The lowest BCUT2D eigenvalue weighted by molar-refractivity contribution is -0.206. The third kappa shape index (κ3) is 3.89. The lowest BCUT2D eigenvalue weighted by Crippen LogP contribution is -2.40. The number of benzene rings is 1. The van der Waals surface area contributed by atoms with Crippen LogP contribution in [0.1, 0.15) is 31.2 Å². The summed E-state index contributed by atoms with van der Waals surface area (Å²) in [5.41, 5.74) is 0.343. The Hall–Kier alpha value is -0.810. The summed E-state index contributed by atoms with van der Waals surface area (Å²) in [5.74, 6) is -2.97. The van der Waals surface area contributed by atoms with Crippen LogP contribution in [0.4, 0.5) is 17.6 Å². The molecule has 6 heteroatoms. The number of hydrogen-bond acceptors (Lipinski definition) is 1. The van der Waals surface area contributed by atoms with Gasteiger partial charge >= 0.3 is 6.18 Å². The van der Waals surface area contributed by atoms with Gasteiger partial charge in [-0.05, 0) is 30.4 Å². The van der Waals surface area contributed by atoms with Gasteiger partial charge in [-0.2, -0.15) is 13.2 Å². The van der Waals surface area contributed by atoms with Crippen LogP contribution in [-0.2, 0) is 6.42 Å². The van der Waals surface area contributed by atoms with Gasteiger partial charge in [-0.3, -0.25) is 0 Å².